The van der Waals surface area contributed by atoms with Gasteiger partial charge in [-0.25, -0.2) is 4.79 Å². The molecule has 0 saturated heterocycles. The second-order valence-electron chi connectivity index (χ2n) is 9.72. The summed E-state index contributed by atoms with van der Waals surface area (Å²) in [5, 5.41) is 20.6. The quantitative estimate of drug-likeness (QED) is 0.583. The van der Waals surface area contributed by atoms with E-state index in [-0.39, 0.29) is 29.0 Å². The minimum absolute atomic E-state index is 0.0433. The van der Waals surface area contributed by atoms with Crippen LogP contribution < -0.4 is 0 Å². The molecule has 3 rings (SSSR count). The molecule has 2 N–H and O–H groups in total. The molecule has 0 aromatic heterocycles. The first-order chi connectivity index (χ1) is 12.6. The number of esters is 1. The molecule has 3 aliphatic rings. The number of aliphatic hydroxyl groups is 2. The Kier molecular flexibility index (Phi) is 5.09. The Balaban J connectivity index is 2.21. The zero-order valence-electron chi connectivity index (χ0n) is 17.0. The molecule has 0 aromatic carbocycles. The number of hydrogen-bond acceptors (Lipinski definition) is 5. The maximum absolute atomic E-state index is 13.1. The highest BCUT2D eigenvalue weighted by Crippen LogP contribution is 2.67. The summed E-state index contributed by atoms with van der Waals surface area (Å²) in [4.78, 5) is 25.2. The highest BCUT2D eigenvalue weighted by atomic mass is 16.6. The van der Waals surface area contributed by atoms with Crippen LogP contribution in [0.25, 0.3) is 0 Å². The molecule has 3 fully saturated rings. The van der Waals surface area contributed by atoms with Gasteiger partial charge in [0.15, 0.2) is 0 Å². The van der Waals surface area contributed by atoms with Crippen molar-refractivity contribution in [2.24, 2.45) is 34.0 Å². The van der Waals surface area contributed by atoms with Crippen molar-refractivity contribution in [3.05, 3.63) is 12.7 Å². The molecule has 0 spiro atoms. The number of rotatable bonds is 3. The fourth-order valence-corrected chi connectivity index (χ4v) is 6.70. The highest BCUT2D eigenvalue weighted by Gasteiger charge is 2.68. The number of ketones is 1. The van der Waals surface area contributed by atoms with Crippen molar-refractivity contribution in [3.8, 4) is 0 Å². The Bertz CT molecular complexity index is 645. The van der Waals surface area contributed by atoms with Crippen LogP contribution in [0.5, 0.6) is 0 Å². The zero-order chi connectivity index (χ0) is 20.2. The normalized spacial score (nSPS) is 49.7. The van der Waals surface area contributed by atoms with Crippen molar-refractivity contribution < 1.29 is 24.5 Å². The van der Waals surface area contributed by atoms with E-state index in [1.54, 1.807) is 6.08 Å². The molecule has 152 valence electrons. The van der Waals surface area contributed by atoms with Gasteiger partial charge in [-0.2, -0.15) is 0 Å². The third-order valence-corrected chi connectivity index (χ3v) is 8.70. The van der Waals surface area contributed by atoms with Gasteiger partial charge in [-0.15, -0.1) is 6.58 Å². The molecule has 2 bridgehead atoms. The van der Waals surface area contributed by atoms with Crippen LogP contribution in [0.1, 0.15) is 59.8 Å². The second kappa shape index (κ2) is 6.70. The molecule has 0 heterocycles. The van der Waals surface area contributed by atoms with E-state index in [2.05, 4.69) is 27.4 Å². The molecule has 3 aliphatic carbocycles. The average Bonchev–Trinajstić information content (AvgIpc) is 3.00. The van der Waals surface area contributed by atoms with Gasteiger partial charge in [0.2, 0.25) is 0 Å². The maximum atomic E-state index is 13.1. The minimum atomic E-state index is -0.686. The van der Waals surface area contributed by atoms with Crippen LogP contribution >= 0.6 is 0 Å². The lowest BCUT2D eigenvalue weighted by molar-refractivity contribution is -0.207. The Labute approximate surface area is 162 Å². The number of Topliss-reactive ketones (excluding diaryl/α,β-unsaturated/α-hetero) is 1. The molecule has 0 aromatic rings. The van der Waals surface area contributed by atoms with Gasteiger partial charge in [0.1, 0.15) is 18.5 Å². The standard InChI is InChI=1S/C22H34O5/c1-6-20(4)11-16(27-17(25)12-23)21(5)13(2)7-9-22(14(3)19(20)26)10-8-15(24)18(21)22/h6,13-14,16,18-19,23,26H,1,7-12H2,2-5H3/t13-,14-,16+,18?,19-,20+,21+,22?/m0/s1. The molecule has 0 amide bonds. The third-order valence-electron chi connectivity index (χ3n) is 8.70. The summed E-state index contributed by atoms with van der Waals surface area (Å²) in [6.07, 6.45) is 4.10. The number of carbonyl (C=O) groups is 2. The Hall–Kier alpha value is -1.20. The van der Waals surface area contributed by atoms with Crippen molar-refractivity contribution in [1.29, 1.82) is 0 Å². The van der Waals surface area contributed by atoms with Crippen LogP contribution in [0.2, 0.25) is 0 Å². The van der Waals surface area contributed by atoms with Crippen LogP contribution in [0, 0.1) is 34.0 Å². The molecule has 0 radical (unpaired) electrons. The zero-order valence-corrected chi connectivity index (χ0v) is 17.0. The van der Waals surface area contributed by atoms with Gasteiger partial charge in [-0.3, -0.25) is 4.79 Å². The minimum Gasteiger partial charge on any atom is -0.460 e. The van der Waals surface area contributed by atoms with Crippen LogP contribution in [-0.4, -0.2) is 40.8 Å². The van der Waals surface area contributed by atoms with Crippen molar-refractivity contribution in [1.82, 2.24) is 0 Å². The summed E-state index contributed by atoms with van der Waals surface area (Å²) < 4.78 is 5.77. The van der Waals surface area contributed by atoms with E-state index in [0.717, 1.165) is 19.3 Å². The van der Waals surface area contributed by atoms with Gasteiger partial charge in [0.25, 0.3) is 0 Å². The lowest BCUT2D eigenvalue weighted by Crippen LogP contribution is -2.63. The molecular formula is C22H34O5. The van der Waals surface area contributed by atoms with Crippen molar-refractivity contribution in [2.45, 2.75) is 72.0 Å². The van der Waals surface area contributed by atoms with Gasteiger partial charge >= 0.3 is 5.97 Å². The first-order valence-electron chi connectivity index (χ1n) is 10.2. The monoisotopic (exact) mass is 378 g/mol. The average molecular weight is 379 g/mol. The van der Waals surface area contributed by atoms with E-state index in [0.29, 0.717) is 12.8 Å². The predicted octanol–water partition coefficient (Wildman–Crippen LogP) is 2.89. The van der Waals surface area contributed by atoms with Gasteiger partial charge in [0, 0.05) is 23.2 Å². The smallest absolute Gasteiger partial charge is 0.332 e. The van der Waals surface area contributed by atoms with Gasteiger partial charge in [-0.1, -0.05) is 33.8 Å². The Morgan fingerprint density at radius 1 is 1.33 bits per heavy atom. The number of aliphatic hydroxyl groups excluding tert-OH is 2. The summed E-state index contributed by atoms with van der Waals surface area (Å²) in [6, 6.07) is 0. The van der Waals surface area contributed by atoms with Gasteiger partial charge < -0.3 is 14.9 Å². The summed E-state index contributed by atoms with van der Waals surface area (Å²) in [6.45, 7) is 11.5. The lowest BCUT2D eigenvalue weighted by Gasteiger charge is -2.61. The third kappa shape index (κ3) is 2.72. The highest BCUT2D eigenvalue weighted by molar-refractivity contribution is 5.85. The predicted molar refractivity (Wildman–Crippen MR) is 102 cm³/mol. The van der Waals surface area contributed by atoms with Crippen molar-refractivity contribution >= 4 is 11.8 Å². The SMILES string of the molecule is C=C[C@]1(C)C[C@@H](OC(=O)CO)[C@]2(C)C3C(=O)CCC3(CC[C@@H]2C)[C@@H](C)[C@@H]1O. The topological polar surface area (TPSA) is 83.8 Å². The van der Waals surface area contributed by atoms with Crippen LogP contribution in [0.3, 0.4) is 0 Å². The number of carbonyl (C=O) groups excluding carboxylic acids is 2. The largest absolute Gasteiger partial charge is 0.460 e. The summed E-state index contributed by atoms with van der Waals surface area (Å²) >= 11 is 0. The van der Waals surface area contributed by atoms with Crippen LogP contribution in [0.15, 0.2) is 12.7 Å². The molecular weight excluding hydrogens is 344 g/mol. The Morgan fingerprint density at radius 3 is 2.59 bits per heavy atom. The van der Waals surface area contributed by atoms with Crippen molar-refractivity contribution in [2.75, 3.05) is 6.61 Å². The number of hydrogen-bond donors (Lipinski definition) is 2. The van der Waals surface area contributed by atoms with Crippen LogP contribution in [-0.2, 0) is 14.3 Å². The first-order valence-corrected chi connectivity index (χ1v) is 10.2. The van der Waals surface area contributed by atoms with Gasteiger partial charge in [0.05, 0.1) is 6.10 Å². The summed E-state index contributed by atoms with van der Waals surface area (Å²) in [7, 11) is 0. The Morgan fingerprint density at radius 2 is 2.00 bits per heavy atom. The summed E-state index contributed by atoms with van der Waals surface area (Å²) in [5.41, 5.74) is -1.43. The van der Waals surface area contributed by atoms with E-state index in [9.17, 15) is 19.8 Å². The fraction of sp³-hybridized carbons (Fsp3) is 0.818. The van der Waals surface area contributed by atoms with Crippen LogP contribution in [0.4, 0.5) is 0 Å². The van der Waals surface area contributed by atoms with E-state index < -0.39 is 35.6 Å². The lowest BCUT2D eigenvalue weighted by atomic mass is 9.44. The van der Waals surface area contributed by atoms with Gasteiger partial charge in [-0.05, 0) is 42.9 Å². The molecule has 3 saturated carbocycles. The van der Waals surface area contributed by atoms with Crippen molar-refractivity contribution in [3.63, 3.8) is 0 Å². The molecule has 0 aliphatic heterocycles. The van der Waals surface area contributed by atoms with E-state index >= 15 is 0 Å². The maximum Gasteiger partial charge on any atom is 0.332 e. The molecule has 8 atom stereocenters. The molecule has 5 nitrogen and oxygen atoms in total. The molecule has 2 unspecified atom stereocenters. The first kappa shape index (κ1) is 20.5. The molecule has 27 heavy (non-hydrogen) atoms. The second-order valence-corrected chi connectivity index (χ2v) is 9.72. The molecule has 5 heteroatoms. The fourth-order valence-electron chi connectivity index (χ4n) is 6.70. The van der Waals surface area contributed by atoms with E-state index in [4.69, 9.17) is 4.74 Å². The summed E-state index contributed by atoms with van der Waals surface area (Å²) in [5.74, 6) is -0.520. The number of ether oxygens (including phenoxy) is 1. The van der Waals surface area contributed by atoms with E-state index in [1.807, 2.05) is 6.92 Å². The van der Waals surface area contributed by atoms with E-state index in [1.165, 1.54) is 0 Å².